The van der Waals surface area contributed by atoms with Gasteiger partial charge in [0.2, 0.25) is 6.29 Å². The molecule has 68 heavy (non-hydrogen) atoms. The highest BCUT2D eigenvalue weighted by molar-refractivity contribution is 7.96. The number of hydrogen-bond donors (Lipinski definition) is 0. The first-order valence-electron chi connectivity index (χ1n) is 21.4. The monoisotopic (exact) mass is 949 g/mol. The maximum absolute atomic E-state index is 14.7. The van der Waals surface area contributed by atoms with E-state index in [1.54, 1.807) is 158 Å². The van der Waals surface area contributed by atoms with Gasteiger partial charge in [0.05, 0.1) is 27.1 Å². The lowest BCUT2D eigenvalue weighted by atomic mass is 9.97. The second kappa shape index (κ2) is 21.4. The molecule has 1 heterocycles. The van der Waals surface area contributed by atoms with Gasteiger partial charge < -0.3 is 28.2 Å². The van der Waals surface area contributed by atoms with Crippen LogP contribution in [0.25, 0.3) is 0 Å². The Kier molecular flexibility index (Phi) is 14.8. The van der Waals surface area contributed by atoms with Crippen LogP contribution in [0.3, 0.4) is 0 Å². The van der Waals surface area contributed by atoms with Crippen molar-refractivity contribution < 1.29 is 55.8 Å². The van der Waals surface area contributed by atoms with E-state index in [-0.39, 0.29) is 27.1 Å². The van der Waals surface area contributed by atoms with Gasteiger partial charge in [-0.2, -0.15) is 8.42 Å². The van der Waals surface area contributed by atoms with Crippen molar-refractivity contribution in [3.63, 3.8) is 0 Å². The molecule has 1 aliphatic rings. The Morgan fingerprint density at radius 3 is 1.28 bits per heavy atom. The summed E-state index contributed by atoms with van der Waals surface area (Å²) in [5.41, 5.74) is 1.27. The molecule has 1 fully saturated rings. The fourth-order valence-corrected chi connectivity index (χ4v) is 12.5. The minimum atomic E-state index is -4.59. The van der Waals surface area contributed by atoms with Crippen molar-refractivity contribution in [3.8, 4) is 0 Å². The zero-order valence-corrected chi connectivity index (χ0v) is 38.1. The molecule has 0 amide bonds. The summed E-state index contributed by atoms with van der Waals surface area (Å²) in [7, 11) is -8.78. The molecule has 5 atom stereocenters. The predicted molar refractivity (Wildman–Crippen MR) is 253 cm³/mol. The summed E-state index contributed by atoms with van der Waals surface area (Å²) in [6.45, 7) is 1.18. The van der Waals surface area contributed by atoms with E-state index in [0.29, 0.717) is 10.6 Å². The normalized spacial score (nSPS) is 18.0. The topological polar surface area (TPSA) is 170 Å². The number of esters is 4. The second-order valence-corrected chi connectivity index (χ2v) is 19.9. The molecule has 13 nitrogen and oxygen atoms in total. The molecule has 0 aromatic heterocycles. The van der Waals surface area contributed by atoms with Gasteiger partial charge in [-0.1, -0.05) is 151 Å². The third-order valence-electron chi connectivity index (χ3n) is 10.7. The predicted octanol–water partition coefficient (Wildman–Crippen LogP) is 8.73. The average molecular weight is 950 g/mol. The quantitative estimate of drug-likeness (QED) is 0.0545. The van der Waals surface area contributed by atoms with Gasteiger partial charge >= 0.3 is 23.9 Å². The van der Waals surface area contributed by atoms with Gasteiger partial charge in [-0.3, -0.25) is 0 Å². The van der Waals surface area contributed by atoms with E-state index in [1.165, 1.54) is 48.5 Å². The lowest BCUT2D eigenvalue weighted by Gasteiger charge is -2.45. The fourth-order valence-electron chi connectivity index (χ4n) is 7.32. The fraction of sp³-hybridized carbons (Fsp3) is 0.132. The number of carbonyl (C=O) groups is 4. The SMILES string of the molecule is Cc1ccc(S(=O)(=O)N=P(O[C@@H]2O[C@H](COC(=O)c3ccccc3)[C@@H](OC(=O)c3ccccc3)[C@H](OC(=O)c3ccccc3)[C@H]2OC(=O)c2ccccc2)(c2ccccc2)c2ccccc2)cc1. The van der Waals surface area contributed by atoms with Crippen molar-refractivity contribution >= 4 is 51.8 Å². The first-order valence-corrected chi connectivity index (χ1v) is 24.5. The first kappa shape index (κ1) is 47.0. The average Bonchev–Trinajstić information content (AvgIpc) is 3.38. The summed E-state index contributed by atoms with van der Waals surface area (Å²) in [5, 5.41) is 0.613. The summed E-state index contributed by atoms with van der Waals surface area (Å²) in [6, 6.07) is 54.9. The molecule has 0 saturated carbocycles. The third kappa shape index (κ3) is 11.0. The Bertz CT molecular complexity index is 2960. The van der Waals surface area contributed by atoms with E-state index in [1.807, 2.05) is 6.92 Å². The maximum Gasteiger partial charge on any atom is 0.338 e. The van der Waals surface area contributed by atoms with Crippen LogP contribution in [0.15, 0.2) is 215 Å². The van der Waals surface area contributed by atoms with E-state index in [4.69, 9.17) is 28.2 Å². The Labute approximate surface area is 393 Å². The summed E-state index contributed by atoms with van der Waals surface area (Å²) < 4.78 is 72.7. The van der Waals surface area contributed by atoms with E-state index in [2.05, 4.69) is 4.15 Å². The molecule has 15 heteroatoms. The van der Waals surface area contributed by atoms with Crippen LogP contribution >= 0.6 is 7.28 Å². The van der Waals surface area contributed by atoms with Crippen LogP contribution in [0, 0.1) is 6.92 Å². The first-order chi connectivity index (χ1) is 33.0. The zero-order chi connectivity index (χ0) is 47.5. The summed E-state index contributed by atoms with van der Waals surface area (Å²) in [5.74, 6) is -3.51. The van der Waals surface area contributed by atoms with E-state index in [0.717, 1.165) is 5.56 Å². The molecule has 0 unspecified atom stereocenters. The standard InChI is InChI=1S/C53H44NO12PS/c1-37-32-34-44(35-33-37)68(59,60)54-67(42-28-16-6-17-29-42,43-30-18-7-19-31-43)66-53-48(65-52(58)41-26-14-5-15-27-41)47(64-51(57)40-24-12-4-13-25-40)46(63-50(56)39-22-10-3-11-23-39)45(62-53)36-61-49(55)38-20-8-2-9-21-38/h2-35,45-48,53H,36H2,1H3/t45-,46-,47+,48-,53+/m1/s1. The Morgan fingerprint density at radius 2 is 0.853 bits per heavy atom. The molecule has 1 saturated heterocycles. The smallest absolute Gasteiger partial charge is 0.338 e. The number of rotatable bonds is 15. The Hall–Kier alpha value is -7.48. The number of benzene rings is 7. The van der Waals surface area contributed by atoms with Crippen molar-refractivity contribution in [2.24, 2.45) is 4.15 Å². The number of aryl methyl sites for hydroxylation is 1. The highest BCUT2D eigenvalue weighted by atomic mass is 32.2. The van der Waals surface area contributed by atoms with Crippen LogP contribution in [-0.4, -0.2) is 69.6 Å². The van der Waals surface area contributed by atoms with Crippen LogP contribution in [0.1, 0.15) is 47.0 Å². The van der Waals surface area contributed by atoms with Crippen LogP contribution in [0.4, 0.5) is 0 Å². The van der Waals surface area contributed by atoms with E-state index in [9.17, 15) is 27.6 Å². The van der Waals surface area contributed by atoms with Gasteiger partial charge in [-0.25, -0.2) is 19.2 Å². The Balaban J connectivity index is 1.35. The van der Waals surface area contributed by atoms with Crippen molar-refractivity contribution in [1.29, 1.82) is 0 Å². The lowest BCUT2D eigenvalue weighted by Crippen LogP contribution is -2.63. The van der Waals surface area contributed by atoms with Crippen LogP contribution in [0.2, 0.25) is 0 Å². The van der Waals surface area contributed by atoms with Gasteiger partial charge in [-0.15, -0.1) is 4.15 Å². The van der Waals surface area contributed by atoms with Crippen molar-refractivity contribution in [1.82, 2.24) is 0 Å². The van der Waals surface area contributed by atoms with Crippen LogP contribution < -0.4 is 10.6 Å². The molecule has 0 spiro atoms. The molecular weight excluding hydrogens is 906 g/mol. The summed E-state index contributed by atoms with van der Waals surface area (Å²) >= 11 is 0. The molecule has 8 rings (SSSR count). The molecule has 0 radical (unpaired) electrons. The van der Waals surface area contributed by atoms with E-state index >= 15 is 0 Å². The van der Waals surface area contributed by atoms with Crippen molar-refractivity contribution in [2.75, 3.05) is 6.61 Å². The highest BCUT2D eigenvalue weighted by Crippen LogP contribution is 2.53. The number of ether oxygens (including phenoxy) is 5. The molecular formula is C53H44NO12PS. The molecule has 1 aliphatic heterocycles. The summed E-state index contributed by atoms with van der Waals surface area (Å²) in [4.78, 5) is 56.2. The minimum absolute atomic E-state index is 0.0787. The largest absolute Gasteiger partial charge is 0.459 e. The maximum atomic E-state index is 14.7. The minimum Gasteiger partial charge on any atom is -0.459 e. The molecule has 0 bridgehead atoms. The number of nitrogens with zero attached hydrogens (tertiary/aromatic N) is 1. The van der Waals surface area contributed by atoms with Gasteiger partial charge in [-0.05, 0) is 67.6 Å². The molecule has 7 aromatic rings. The van der Waals surface area contributed by atoms with Crippen molar-refractivity contribution in [2.45, 2.75) is 42.5 Å². The van der Waals surface area contributed by atoms with E-state index < -0.39 is 78.5 Å². The molecule has 344 valence electrons. The number of carbonyl (C=O) groups excluding carboxylic acids is 4. The molecule has 0 N–H and O–H groups in total. The molecule has 0 aliphatic carbocycles. The van der Waals surface area contributed by atoms with Gasteiger partial charge in [0.25, 0.3) is 10.0 Å². The zero-order valence-electron chi connectivity index (χ0n) is 36.4. The van der Waals surface area contributed by atoms with Crippen LogP contribution in [-0.2, 0) is 38.2 Å². The van der Waals surface area contributed by atoms with Crippen LogP contribution in [0.5, 0.6) is 0 Å². The van der Waals surface area contributed by atoms with Gasteiger partial charge in [0, 0.05) is 10.6 Å². The van der Waals surface area contributed by atoms with Gasteiger partial charge in [0.1, 0.15) is 12.7 Å². The number of sulfonamides is 1. The number of hydrogen-bond acceptors (Lipinski definition) is 12. The summed E-state index contributed by atoms with van der Waals surface area (Å²) in [6.07, 6.45) is -8.74. The second-order valence-electron chi connectivity index (χ2n) is 15.4. The third-order valence-corrected chi connectivity index (χ3v) is 15.9. The Morgan fingerprint density at radius 1 is 0.485 bits per heavy atom. The highest BCUT2D eigenvalue weighted by Gasteiger charge is 2.55. The van der Waals surface area contributed by atoms with Gasteiger partial charge in [0.15, 0.2) is 25.6 Å². The lowest BCUT2D eigenvalue weighted by molar-refractivity contribution is -0.274. The molecule has 7 aromatic carbocycles. The van der Waals surface area contributed by atoms with Crippen molar-refractivity contribution in [3.05, 3.63) is 234 Å².